The number of hydrogen-bond donors (Lipinski definition) is 2. The van der Waals surface area contributed by atoms with Crippen molar-refractivity contribution in [1.29, 1.82) is 0 Å². The third kappa shape index (κ3) is 5.25. The Morgan fingerprint density at radius 2 is 1.67 bits per heavy atom. The first kappa shape index (κ1) is 22.8. The topological polar surface area (TPSA) is 85.2 Å². The van der Waals surface area contributed by atoms with Gasteiger partial charge < -0.3 is 14.0 Å². The van der Waals surface area contributed by atoms with Gasteiger partial charge in [-0.3, -0.25) is 9.79 Å². The molecule has 0 heterocycles. The maximum absolute atomic E-state index is 11.4. The summed E-state index contributed by atoms with van der Waals surface area (Å²) < 4.78 is 28.4. The predicted molar refractivity (Wildman–Crippen MR) is 126 cm³/mol. The lowest BCUT2D eigenvalue weighted by Crippen LogP contribution is -2.49. The normalized spacial score (nSPS) is 28.0. The quantitative estimate of drug-likeness (QED) is 0.211. The standard InChI is InChI=1S/C25H28ClO6P/c26-25-14-17-11-19(15-25)23(20(12-17)16-25)24(31-10-9-30-21-6-2-1-3-7-21)18-5-4-8-22(13-18)32-33(27,28)29/h1-8,13,17,19-20H,9-12,14-16H2,(H2,27,28,29). The molecule has 2 aromatic carbocycles. The van der Waals surface area contributed by atoms with Crippen LogP contribution in [-0.4, -0.2) is 27.9 Å². The maximum Gasteiger partial charge on any atom is 0.524 e. The molecular formula is C25H28ClO6P. The van der Waals surface area contributed by atoms with Crippen LogP contribution in [0.1, 0.15) is 37.7 Å². The van der Waals surface area contributed by atoms with Crippen molar-refractivity contribution in [2.24, 2.45) is 17.8 Å². The molecule has 8 heteroatoms. The fourth-order valence-corrected chi connectivity index (χ4v) is 7.03. The molecule has 2 N–H and O–H groups in total. The monoisotopic (exact) mass is 490 g/mol. The third-order valence-corrected chi connectivity index (χ3v) is 7.83. The van der Waals surface area contributed by atoms with Gasteiger partial charge >= 0.3 is 7.82 Å². The average Bonchev–Trinajstić information content (AvgIpc) is 2.73. The minimum atomic E-state index is -4.65. The van der Waals surface area contributed by atoms with E-state index in [1.807, 2.05) is 36.4 Å². The van der Waals surface area contributed by atoms with Gasteiger partial charge in [-0.25, -0.2) is 4.57 Å². The minimum absolute atomic E-state index is 0.104. The summed E-state index contributed by atoms with van der Waals surface area (Å²) in [6, 6.07) is 16.4. The highest BCUT2D eigenvalue weighted by atomic mass is 35.5. The maximum atomic E-state index is 11.4. The zero-order chi connectivity index (χ0) is 23.1. The largest absolute Gasteiger partial charge is 0.524 e. The van der Waals surface area contributed by atoms with Crippen LogP contribution in [-0.2, 0) is 9.30 Å². The fraction of sp³-hybridized carbons (Fsp3) is 0.440. The second kappa shape index (κ2) is 8.99. The van der Waals surface area contributed by atoms with Crippen LogP contribution in [0.4, 0.5) is 0 Å². The molecule has 2 unspecified atom stereocenters. The Morgan fingerprint density at radius 1 is 0.970 bits per heavy atom. The molecule has 4 fully saturated rings. The van der Waals surface area contributed by atoms with Crippen molar-refractivity contribution in [3.05, 3.63) is 65.7 Å². The lowest BCUT2D eigenvalue weighted by Gasteiger charge is -2.55. The molecule has 2 aromatic rings. The lowest BCUT2D eigenvalue weighted by molar-refractivity contribution is 0.0820. The second-order valence-corrected chi connectivity index (χ2v) is 11.4. The number of benzene rings is 2. The number of alkyl halides is 1. The summed E-state index contributed by atoms with van der Waals surface area (Å²) in [6.45, 7) is 0.739. The van der Waals surface area contributed by atoms with Crippen LogP contribution in [0.5, 0.6) is 11.5 Å². The number of phosphoric ester groups is 1. The van der Waals surface area contributed by atoms with Crippen molar-refractivity contribution in [2.45, 2.75) is 37.0 Å². The SMILES string of the molecule is O=P(O)(O)Oc1cccc(C(OCCOc2ccccc2)=C2C3CC4CC2CC(Cl)(C4)C3)c1. The Morgan fingerprint density at radius 3 is 2.33 bits per heavy atom. The Balaban J connectivity index is 1.42. The Hall–Kier alpha value is -1.98. The van der Waals surface area contributed by atoms with Gasteiger partial charge in [-0.05, 0) is 79.7 Å². The van der Waals surface area contributed by atoms with E-state index in [4.69, 9.17) is 25.6 Å². The van der Waals surface area contributed by atoms with E-state index in [1.165, 1.54) is 11.6 Å². The molecule has 4 aliphatic rings. The number of phosphoric acid groups is 1. The summed E-state index contributed by atoms with van der Waals surface area (Å²) in [7, 11) is -4.65. The van der Waals surface area contributed by atoms with Crippen LogP contribution in [0, 0.1) is 17.8 Å². The van der Waals surface area contributed by atoms with Crippen molar-refractivity contribution in [3.8, 4) is 11.5 Å². The summed E-state index contributed by atoms with van der Waals surface area (Å²) in [5.41, 5.74) is 2.04. The van der Waals surface area contributed by atoms with E-state index in [0.717, 1.165) is 49.2 Å². The van der Waals surface area contributed by atoms with Crippen LogP contribution < -0.4 is 9.26 Å². The van der Waals surface area contributed by atoms with Crippen LogP contribution in [0.2, 0.25) is 0 Å². The zero-order valence-corrected chi connectivity index (χ0v) is 19.9. The van der Waals surface area contributed by atoms with Crippen LogP contribution >= 0.6 is 19.4 Å². The average molecular weight is 491 g/mol. The van der Waals surface area contributed by atoms with Crippen LogP contribution in [0.3, 0.4) is 0 Å². The molecular weight excluding hydrogens is 463 g/mol. The summed E-state index contributed by atoms with van der Waals surface area (Å²) in [5.74, 6) is 3.06. The highest BCUT2D eigenvalue weighted by Crippen LogP contribution is 2.61. The highest BCUT2D eigenvalue weighted by molar-refractivity contribution is 7.46. The van der Waals surface area contributed by atoms with E-state index in [1.54, 1.807) is 12.1 Å². The molecule has 0 spiro atoms. The van der Waals surface area contributed by atoms with E-state index in [2.05, 4.69) is 0 Å². The highest BCUT2D eigenvalue weighted by Gasteiger charge is 2.53. The molecule has 0 amide bonds. The molecule has 6 rings (SSSR count). The first-order chi connectivity index (χ1) is 15.8. The molecule has 0 aliphatic heterocycles. The smallest absolute Gasteiger partial charge is 0.490 e. The summed E-state index contributed by atoms with van der Waals surface area (Å²) >= 11 is 6.95. The van der Waals surface area contributed by atoms with Crippen molar-refractivity contribution in [3.63, 3.8) is 0 Å². The van der Waals surface area contributed by atoms with Gasteiger partial charge in [0.05, 0.1) is 0 Å². The summed E-state index contributed by atoms with van der Waals surface area (Å²) in [5, 5.41) is 0. The fourth-order valence-electron chi connectivity index (χ4n) is 6.05. The number of ether oxygens (including phenoxy) is 2. The van der Waals surface area contributed by atoms with Crippen molar-refractivity contribution >= 4 is 25.2 Å². The molecule has 0 radical (unpaired) electrons. The van der Waals surface area contributed by atoms with E-state index >= 15 is 0 Å². The van der Waals surface area contributed by atoms with E-state index in [9.17, 15) is 14.4 Å². The van der Waals surface area contributed by atoms with Crippen molar-refractivity contribution < 1.29 is 28.3 Å². The molecule has 33 heavy (non-hydrogen) atoms. The molecule has 176 valence electrons. The number of allylic oxidation sites excluding steroid dienone is 1. The van der Waals surface area contributed by atoms with Gasteiger partial charge in [-0.1, -0.05) is 30.3 Å². The van der Waals surface area contributed by atoms with E-state index in [0.29, 0.717) is 31.0 Å². The molecule has 0 saturated heterocycles. The van der Waals surface area contributed by atoms with Gasteiger partial charge in [-0.2, -0.15) is 0 Å². The second-order valence-electron chi connectivity index (χ2n) is 9.40. The first-order valence-electron chi connectivity index (χ1n) is 11.4. The third-order valence-electron chi connectivity index (χ3n) is 6.92. The summed E-state index contributed by atoms with van der Waals surface area (Å²) in [4.78, 5) is 18.4. The first-order valence-corrected chi connectivity index (χ1v) is 13.3. The minimum Gasteiger partial charge on any atom is -0.490 e. The number of para-hydroxylation sites is 1. The van der Waals surface area contributed by atoms with Gasteiger partial charge in [0, 0.05) is 10.4 Å². The van der Waals surface area contributed by atoms with Gasteiger partial charge in [0.2, 0.25) is 0 Å². The number of halogens is 1. The lowest BCUT2D eigenvalue weighted by atomic mass is 9.53. The van der Waals surface area contributed by atoms with E-state index in [-0.39, 0.29) is 10.6 Å². The Bertz CT molecular complexity index is 1060. The van der Waals surface area contributed by atoms with E-state index < -0.39 is 7.82 Å². The van der Waals surface area contributed by atoms with Gasteiger partial charge in [0.25, 0.3) is 0 Å². The zero-order valence-electron chi connectivity index (χ0n) is 18.2. The Labute approximate surface area is 198 Å². The number of hydrogen-bond acceptors (Lipinski definition) is 4. The predicted octanol–water partition coefficient (Wildman–Crippen LogP) is 5.78. The van der Waals surface area contributed by atoms with Gasteiger partial charge in [0.15, 0.2) is 0 Å². The molecule has 2 atom stereocenters. The van der Waals surface area contributed by atoms with Gasteiger partial charge in [0.1, 0.15) is 30.5 Å². The molecule has 4 saturated carbocycles. The molecule has 0 aromatic heterocycles. The van der Waals surface area contributed by atoms with Crippen molar-refractivity contribution in [1.82, 2.24) is 0 Å². The number of rotatable bonds is 8. The molecule has 4 aliphatic carbocycles. The molecule has 4 bridgehead atoms. The van der Waals surface area contributed by atoms with Crippen molar-refractivity contribution in [2.75, 3.05) is 13.2 Å². The van der Waals surface area contributed by atoms with Crippen LogP contribution in [0.25, 0.3) is 5.76 Å². The summed E-state index contributed by atoms with van der Waals surface area (Å²) in [6.07, 6.45) is 5.23. The van der Waals surface area contributed by atoms with Crippen LogP contribution in [0.15, 0.2) is 60.2 Å². The Kier molecular flexibility index (Phi) is 6.21. The molecule has 6 nitrogen and oxygen atoms in total. The van der Waals surface area contributed by atoms with Gasteiger partial charge in [-0.15, -0.1) is 11.6 Å².